The van der Waals surface area contributed by atoms with Crippen molar-refractivity contribution >= 4 is 0 Å². The molecular formula is C17H20O. The standard InChI is InChI=1S/C17H20O/c1-12-6-5-7-16(10-12)18-11-17-14(3)8-13(2)9-15(17)4/h5-10H,11H2,1-4H3. The zero-order chi connectivity index (χ0) is 13.1. The second kappa shape index (κ2) is 5.26. The summed E-state index contributed by atoms with van der Waals surface area (Å²) in [5.74, 6) is 0.939. The summed E-state index contributed by atoms with van der Waals surface area (Å²) in [6.07, 6.45) is 0. The molecule has 2 aromatic carbocycles. The van der Waals surface area contributed by atoms with Gasteiger partial charge in [0, 0.05) is 0 Å². The van der Waals surface area contributed by atoms with E-state index in [4.69, 9.17) is 4.74 Å². The number of aryl methyl sites for hydroxylation is 4. The molecule has 0 radical (unpaired) electrons. The average Bonchev–Trinajstić information content (AvgIpc) is 2.27. The Labute approximate surface area is 109 Å². The van der Waals surface area contributed by atoms with Crippen molar-refractivity contribution in [2.45, 2.75) is 34.3 Å². The van der Waals surface area contributed by atoms with Crippen LogP contribution in [0.3, 0.4) is 0 Å². The summed E-state index contributed by atoms with van der Waals surface area (Å²) < 4.78 is 5.87. The van der Waals surface area contributed by atoms with Crippen molar-refractivity contribution in [1.82, 2.24) is 0 Å². The quantitative estimate of drug-likeness (QED) is 0.767. The van der Waals surface area contributed by atoms with Crippen LogP contribution in [0.1, 0.15) is 27.8 Å². The Morgan fingerprint density at radius 3 is 2.11 bits per heavy atom. The summed E-state index contributed by atoms with van der Waals surface area (Å²) in [6, 6.07) is 12.6. The highest BCUT2D eigenvalue weighted by atomic mass is 16.5. The number of hydrogen-bond donors (Lipinski definition) is 0. The van der Waals surface area contributed by atoms with E-state index in [-0.39, 0.29) is 0 Å². The highest BCUT2D eigenvalue weighted by Gasteiger charge is 2.04. The Bertz CT molecular complexity index is 532. The second-order valence-electron chi connectivity index (χ2n) is 4.98. The van der Waals surface area contributed by atoms with Crippen molar-refractivity contribution in [3.05, 3.63) is 64.2 Å². The molecule has 2 aromatic rings. The molecule has 1 heteroatoms. The Morgan fingerprint density at radius 1 is 0.833 bits per heavy atom. The molecule has 0 saturated carbocycles. The van der Waals surface area contributed by atoms with Crippen molar-refractivity contribution in [1.29, 1.82) is 0 Å². The third kappa shape index (κ3) is 2.92. The predicted octanol–water partition coefficient (Wildman–Crippen LogP) is 4.50. The molecule has 18 heavy (non-hydrogen) atoms. The molecule has 0 N–H and O–H groups in total. The van der Waals surface area contributed by atoms with E-state index in [2.05, 4.69) is 52.0 Å². The van der Waals surface area contributed by atoms with Gasteiger partial charge in [-0.3, -0.25) is 0 Å². The van der Waals surface area contributed by atoms with E-state index in [1.54, 1.807) is 0 Å². The highest BCUT2D eigenvalue weighted by Crippen LogP contribution is 2.20. The van der Waals surface area contributed by atoms with E-state index in [0.717, 1.165) is 5.75 Å². The topological polar surface area (TPSA) is 9.23 Å². The number of ether oxygens (including phenoxy) is 1. The molecule has 0 heterocycles. The summed E-state index contributed by atoms with van der Waals surface area (Å²) in [6.45, 7) is 9.14. The summed E-state index contributed by atoms with van der Waals surface area (Å²) >= 11 is 0. The third-order valence-corrected chi connectivity index (χ3v) is 3.21. The lowest BCUT2D eigenvalue weighted by Crippen LogP contribution is -2.01. The van der Waals surface area contributed by atoms with Gasteiger partial charge < -0.3 is 4.74 Å². The van der Waals surface area contributed by atoms with Crippen molar-refractivity contribution < 1.29 is 4.74 Å². The average molecular weight is 240 g/mol. The summed E-state index contributed by atoms with van der Waals surface area (Å²) in [5.41, 5.74) is 6.44. The molecule has 0 aliphatic heterocycles. The molecule has 1 nitrogen and oxygen atoms in total. The first-order valence-corrected chi connectivity index (χ1v) is 6.32. The zero-order valence-electron chi connectivity index (χ0n) is 11.6. The largest absolute Gasteiger partial charge is 0.489 e. The fraction of sp³-hybridized carbons (Fsp3) is 0.294. The molecule has 0 bridgehead atoms. The van der Waals surface area contributed by atoms with Gasteiger partial charge in [-0.25, -0.2) is 0 Å². The number of rotatable bonds is 3. The lowest BCUT2D eigenvalue weighted by atomic mass is 10.0. The van der Waals surface area contributed by atoms with Crippen LogP contribution in [0.2, 0.25) is 0 Å². The smallest absolute Gasteiger partial charge is 0.120 e. The van der Waals surface area contributed by atoms with Crippen LogP contribution in [0.15, 0.2) is 36.4 Å². The van der Waals surface area contributed by atoms with Gasteiger partial charge in [-0.2, -0.15) is 0 Å². The van der Waals surface area contributed by atoms with Crippen LogP contribution in [-0.4, -0.2) is 0 Å². The van der Waals surface area contributed by atoms with Gasteiger partial charge in [0.2, 0.25) is 0 Å². The maximum Gasteiger partial charge on any atom is 0.120 e. The third-order valence-electron chi connectivity index (χ3n) is 3.21. The minimum absolute atomic E-state index is 0.640. The SMILES string of the molecule is Cc1cccc(OCc2c(C)cc(C)cc2C)c1. The molecule has 0 aliphatic rings. The van der Waals surface area contributed by atoms with Crippen LogP contribution in [-0.2, 0) is 6.61 Å². The van der Waals surface area contributed by atoms with Gasteiger partial charge in [-0.05, 0) is 62.1 Å². The lowest BCUT2D eigenvalue weighted by molar-refractivity contribution is 0.304. The number of benzene rings is 2. The van der Waals surface area contributed by atoms with Crippen molar-refractivity contribution in [2.75, 3.05) is 0 Å². The summed E-state index contributed by atoms with van der Waals surface area (Å²) in [5, 5.41) is 0. The fourth-order valence-corrected chi connectivity index (χ4v) is 2.30. The maximum absolute atomic E-state index is 5.87. The van der Waals surface area contributed by atoms with Crippen LogP contribution in [0.5, 0.6) is 5.75 Å². The van der Waals surface area contributed by atoms with Gasteiger partial charge >= 0.3 is 0 Å². The van der Waals surface area contributed by atoms with Gasteiger partial charge in [0.1, 0.15) is 12.4 Å². The van der Waals surface area contributed by atoms with Crippen LogP contribution in [0.25, 0.3) is 0 Å². The van der Waals surface area contributed by atoms with E-state index in [0.29, 0.717) is 6.61 Å². The van der Waals surface area contributed by atoms with Gasteiger partial charge in [0.05, 0.1) is 0 Å². The fourth-order valence-electron chi connectivity index (χ4n) is 2.30. The maximum atomic E-state index is 5.87. The molecule has 0 aromatic heterocycles. The Balaban J connectivity index is 2.16. The zero-order valence-corrected chi connectivity index (χ0v) is 11.6. The van der Waals surface area contributed by atoms with E-state index in [1.165, 1.54) is 27.8 Å². The van der Waals surface area contributed by atoms with Crippen molar-refractivity contribution in [2.24, 2.45) is 0 Å². The minimum Gasteiger partial charge on any atom is -0.489 e. The number of hydrogen-bond acceptors (Lipinski definition) is 1. The Kier molecular flexibility index (Phi) is 3.71. The second-order valence-corrected chi connectivity index (χ2v) is 4.98. The van der Waals surface area contributed by atoms with E-state index < -0.39 is 0 Å². The molecule has 0 fully saturated rings. The predicted molar refractivity (Wildman–Crippen MR) is 76.2 cm³/mol. The van der Waals surface area contributed by atoms with E-state index in [1.807, 2.05) is 12.1 Å². The Morgan fingerprint density at radius 2 is 1.50 bits per heavy atom. The molecule has 0 amide bonds. The highest BCUT2D eigenvalue weighted by molar-refractivity contribution is 5.37. The normalized spacial score (nSPS) is 10.4. The van der Waals surface area contributed by atoms with E-state index >= 15 is 0 Å². The van der Waals surface area contributed by atoms with Gasteiger partial charge in [-0.1, -0.05) is 29.8 Å². The molecule has 0 atom stereocenters. The van der Waals surface area contributed by atoms with Crippen molar-refractivity contribution in [3.8, 4) is 5.75 Å². The summed E-state index contributed by atoms with van der Waals surface area (Å²) in [7, 11) is 0. The first-order valence-electron chi connectivity index (χ1n) is 6.32. The van der Waals surface area contributed by atoms with Crippen LogP contribution >= 0.6 is 0 Å². The summed E-state index contributed by atoms with van der Waals surface area (Å²) in [4.78, 5) is 0. The van der Waals surface area contributed by atoms with Gasteiger partial charge in [0.15, 0.2) is 0 Å². The first kappa shape index (κ1) is 12.7. The van der Waals surface area contributed by atoms with Crippen LogP contribution in [0.4, 0.5) is 0 Å². The Hall–Kier alpha value is -1.76. The molecule has 0 spiro atoms. The molecule has 0 aliphatic carbocycles. The molecule has 94 valence electrons. The molecule has 0 unspecified atom stereocenters. The van der Waals surface area contributed by atoms with Crippen LogP contribution in [0, 0.1) is 27.7 Å². The van der Waals surface area contributed by atoms with E-state index in [9.17, 15) is 0 Å². The molecular weight excluding hydrogens is 220 g/mol. The van der Waals surface area contributed by atoms with Crippen LogP contribution < -0.4 is 4.74 Å². The minimum atomic E-state index is 0.640. The first-order chi connectivity index (χ1) is 8.56. The molecule has 2 rings (SSSR count). The van der Waals surface area contributed by atoms with Gasteiger partial charge in [0.25, 0.3) is 0 Å². The van der Waals surface area contributed by atoms with Gasteiger partial charge in [-0.15, -0.1) is 0 Å². The van der Waals surface area contributed by atoms with Crippen molar-refractivity contribution in [3.63, 3.8) is 0 Å². The lowest BCUT2D eigenvalue weighted by Gasteiger charge is -2.13. The monoisotopic (exact) mass is 240 g/mol. The molecule has 0 saturated heterocycles.